The fourth-order valence-electron chi connectivity index (χ4n) is 4.61. The normalized spacial score (nSPS) is 16.3. The van der Waals surface area contributed by atoms with Gasteiger partial charge in [-0.25, -0.2) is 4.98 Å². The van der Waals surface area contributed by atoms with E-state index in [9.17, 15) is 4.79 Å². The number of piperidine rings is 1. The van der Waals surface area contributed by atoms with Gasteiger partial charge in [0.1, 0.15) is 29.0 Å². The highest BCUT2D eigenvalue weighted by molar-refractivity contribution is 5.93. The van der Waals surface area contributed by atoms with Crippen LogP contribution in [0.4, 0.5) is 5.82 Å². The lowest BCUT2D eigenvalue weighted by molar-refractivity contribution is 0.0839. The summed E-state index contributed by atoms with van der Waals surface area (Å²) in [5, 5.41) is 3.99. The highest BCUT2D eigenvalue weighted by Gasteiger charge is 2.28. The van der Waals surface area contributed by atoms with E-state index in [2.05, 4.69) is 30.2 Å². The van der Waals surface area contributed by atoms with Crippen molar-refractivity contribution in [3.63, 3.8) is 0 Å². The first-order chi connectivity index (χ1) is 18.1. The summed E-state index contributed by atoms with van der Waals surface area (Å²) < 4.78 is 16.7. The number of aromatic amines is 1. The molecular weight excluding hydrogens is 486 g/mol. The quantitative estimate of drug-likeness (QED) is 0.364. The van der Waals surface area contributed by atoms with Gasteiger partial charge in [-0.15, -0.1) is 0 Å². The van der Waals surface area contributed by atoms with Crippen molar-refractivity contribution in [3.8, 4) is 11.8 Å². The number of aromatic nitrogens is 4. The number of fused-ring (bicyclic) bond motifs is 1. The Morgan fingerprint density at radius 1 is 1.26 bits per heavy atom. The van der Waals surface area contributed by atoms with E-state index in [1.54, 1.807) is 26.5 Å². The summed E-state index contributed by atoms with van der Waals surface area (Å²) in [6, 6.07) is 3.49. The minimum Gasteiger partial charge on any atom is -0.496 e. The second kappa shape index (κ2) is 11.5. The number of amides is 1. The average Bonchev–Trinajstić information content (AvgIpc) is 3.32. The number of carbonyl (C=O) groups excluding carboxylic acids is 1. The minimum absolute atomic E-state index is 0.145. The molecule has 1 aliphatic heterocycles. The van der Waals surface area contributed by atoms with Crippen LogP contribution in [0.15, 0.2) is 24.5 Å². The third-order valence-corrected chi connectivity index (χ3v) is 7.14. The number of nitrogens with zero attached hydrogens (tertiary/aromatic N) is 4. The molecule has 4 rings (SSSR count). The predicted molar refractivity (Wildman–Crippen MR) is 146 cm³/mol. The van der Waals surface area contributed by atoms with Gasteiger partial charge in [-0.3, -0.25) is 4.79 Å². The van der Waals surface area contributed by atoms with E-state index < -0.39 is 5.54 Å². The summed E-state index contributed by atoms with van der Waals surface area (Å²) in [6.45, 7) is 9.38. The number of pyridine rings is 1. The predicted octanol–water partition coefficient (Wildman–Crippen LogP) is 3.01. The molecule has 3 aromatic heterocycles. The van der Waals surface area contributed by atoms with Crippen LogP contribution in [0.25, 0.3) is 11.0 Å². The van der Waals surface area contributed by atoms with E-state index in [1.165, 1.54) is 5.56 Å². The molecule has 3 aromatic rings. The maximum Gasteiger partial charge on any atom is 0.319 e. The SMILES string of the molecule is COC[C@@H](C)Oc1nc(C(=O)NC(C)C(C)(C)N)cc(N2CCC(c3c[nH]c4nccc(OC)c34)CC2)n1. The van der Waals surface area contributed by atoms with Crippen LogP contribution in [0.1, 0.15) is 62.5 Å². The highest BCUT2D eigenvalue weighted by Crippen LogP contribution is 2.37. The molecule has 0 aliphatic carbocycles. The highest BCUT2D eigenvalue weighted by atomic mass is 16.5. The number of hydrogen-bond acceptors (Lipinski definition) is 9. The Morgan fingerprint density at radius 2 is 2.00 bits per heavy atom. The number of ether oxygens (including phenoxy) is 3. The summed E-state index contributed by atoms with van der Waals surface area (Å²) in [5.41, 5.74) is 7.87. The van der Waals surface area contributed by atoms with Crippen LogP contribution in [0.2, 0.25) is 0 Å². The van der Waals surface area contributed by atoms with Gasteiger partial charge in [0.05, 0.1) is 19.1 Å². The topological polar surface area (TPSA) is 141 Å². The summed E-state index contributed by atoms with van der Waals surface area (Å²) in [4.78, 5) is 32.1. The van der Waals surface area contributed by atoms with Crippen molar-refractivity contribution < 1.29 is 19.0 Å². The lowest BCUT2D eigenvalue weighted by Crippen LogP contribution is -2.53. The van der Waals surface area contributed by atoms with Crippen molar-refractivity contribution in [2.24, 2.45) is 5.73 Å². The Hall–Kier alpha value is -3.44. The van der Waals surface area contributed by atoms with Crippen LogP contribution in [-0.4, -0.2) is 77.4 Å². The third-order valence-electron chi connectivity index (χ3n) is 7.14. The molecule has 1 unspecified atom stereocenters. The van der Waals surface area contributed by atoms with Gasteiger partial charge in [0.25, 0.3) is 5.91 Å². The molecule has 4 N–H and O–H groups in total. The Balaban J connectivity index is 1.55. The second-order valence-corrected chi connectivity index (χ2v) is 10.5. The lowest BCUT2D eigenvalue weighted by atomic mass is 9.89. The molecule has 2 atom stereocenters. The number of H-pyrrole nitrogens is 1. The van der Waals surface area contributed by atoms with Gasteiger partial charge in [-0.05, 0) is 58.1 Å². The molecule has 1 aliphatic rings. The lowest BCUT2D eigenvalue weighted by Gasteiger charge is -2.33. The zero-order chi connectivity index (χ0) is 27.4. The fourth-order valence-corrected chi connectivity index (χ4v) is 4.61. The van der Waals surface area contributed by atoms with Gasteiger partial charge in [-0.1, -0.05) is 0 Å². The molecule has 0 bridgehead atoms. The molecule has 1 saturated heterocycles. The number of rotatable bonds is 10. The molecule has 11 heteroatoms. The summed E-state index contributed by atoms with van der Waals surface area (Å²) in [5.74, 6) is 1.49. The Morgan fingerprint density at radius 3 is 2.66 bits per heavy atom. The van der Waals surface area contributed by atoms with Crippen LogP contribution < -0.4 is 25.4 Å². The Bertz CT molecular complexity index is 1250. The first-order valence-electron chi connectivity index (χ1n) is 13.0. The molecule has 0 radical (unpaired) electrons. The number of methoxy groups -OCH3 is 2. The van der Waals surface area contributed by atoms with Gasteiger partial charge < -0.3 is 35.1 Å². The molecule has 0 spiro atoms. The fraction of sp³-hybridized carbons (Fsp3) is 0.556. The van der Waals surface area contributed by atoms with Crippen LogP contribution in [0.3, 0.4) is 0 Å². The van der Waals surface area contributed by atoms with E-state index in [0.717, 1.165) is 42.7 Å². The minimum atomic E-state index is -0.583. The maximum atomic E-state index is 13.1. The zero-order valence-electron chi connectivity index (χ0n) is 23.1. The maximum absolute atomic E-state index is 13.1. The summed E-state index contributed by atoms with van der Waals surface area (Å²) in [6.07, 6.45) is 5.33. The van der Waals surface area contributed by atoms with E-state index in [4.69, 9.17) is 19.9 Å². The number of nitrogens with two attached hydrogens (primary N) is 1. The van der Waals surface area contributed by atoms with Crippen molar-refractivity contribution in [2.75, 3.05) is 38.8 Å². The molecule has 1 fully saturated rings. The Labute approximate surface area is 223 Å². The van der Waals surface area contributed by atoms with Crippen molar-refractivity contribution in [1.82, 2.24) is 25.3 Å². The smallest absolute Gasteiger partial charge is 0.319 e. The van der Waals surface area contributed by atoms with Crippen molar-refractivity contribution in [1.29, 1.82) is 0 Å². The summed E-state index contributed by atoms with van der Waals surface area (Å²) >= 11 is 0. The van der Waals surface area contributed by atoms with Crippen molar-refractivity contribution >= 4 is 22.8 Å². The van der Waals surface area contributed by atoms with Crippen LogP contribution in [0.5, 0.6) is 11.8 Å². The van der Waals surface area contributed by atoms with Crippen LogP contribution in [0, 0.1) is 0 Å². The van der Waals surface area contributed by atoms with Crippen LogP contribution >= 0.6 is 0 Å². The molecule has 11 nitrogen and oxygen atoms in total. The van der Waals surface area contributed by atoms with Crippen molar-refractivity contribution in [3.05, 3.63) is 35.8 Å². The molecule has 38 heavy (non-hydrogen) atoms. The van der Waals surface area contributed by atoms with Gasteiger partial charge in [0.2, 0.25) is 0 Å². The first kappa shape index (κ1) is 27.6. The number of hydrogen-bond donors (Lipinski definition) is 3. The molecule has 0 aromatic carbocycles. The zero-order valence-corrected chi connectivity index (χ0v) is 23.1. The molecular formula is C27H39N7O4. The average molecular weight is 526 g/mol. The van der Waals surface area contributed by atoms with Gasteiger partial charge in [0, 0.05) is 50.2 Å². The molecule has 1 amide bonds. The number of anilines is 1. The van der Waals surface area contributed by atoms with Gasteiger partial charge in [-0.2, -0.15) is 9.97 Å². The summed E-state index contributed by atoms with van der Waals surface area (Å²) in [7, 11) is 3.29. The number of carbonyl (C=O) groups is 1. The largest absolute Gasteiger partial charge is 0.496 e. The third kappa shape index (κ3) is 6.16. The van der Waals surface area contributed by atoms with Crippen LogP contribution in [-0.2, 0) is 4.74 Å². The first-order valence-corrected chi connectivity index (χ1v) is 13.0. The van der Waals surface area contributed by atoms with E-state index in [1.807, 2.05) is 40.0 Å². The van der Waals surface area contributed by atoms with Crippen molar-refractivity contribution in [2.45, 2.75) is 64.1 Å². The van der Waals surface area contributed by atoms with E-state index >= 15 is 0 Å². The van der Waals surface area contributed by atoms with E-state index in [0.29, 0.717) is 18.3 Å². The monoisotopic (exact) mass is 525 g/mol. The van der Waals surface area contributed by atoms with Gasteiger partial charge in [0.15, 0.2) is 0 Å². The number of nitrogens with one attached hydrogen (secondary N) is 2. The second-order valence-electron chi connectivity index (χ2n) is 10.5. The molecule has 0 saturated carbocycles. The molecule has 206 valence electrons. The molecule has 4 heterocycles. The Kier molecular flexibility index (Phi) is 8.37. The van der Waals surface area contributed by atoms with Gasteiger partial charge >= 0.3 is 6.01 Å². The van der Waals surface area contributed by atoms with E-state index in [-0.39, 0.29) is 29.8 Å². The standard InChI is InChI=1S/C27H39N7O4/c1-16(15-36-5)38-26-32-20(25(35)31-17(2)27(3,4)28)13-22(33-26)34-11-8-18(9-12-34)19-14-30-24-23(19)21(37-6)7-10-29-24/h7,10,13-14,16-18H,8-9,11-12,15,28H2,1-6H3,(H,29,30)(H,31,35)/t16-,17?/m1/s1.